The summed E-state index contributed by atoms with van der Waals surface area (Å²) in [6.07, 6.45) is 26.2. The Morgan fingerprint density at radius 1 is 0.727 bits per heavy atom. The molecular weight excluding hydrogens is 404 g/mol. The molecule has 0 spiro atoms. The topological polar surface area (TPSA) is 26.3 Å². The van der Waals surface area contributed by atoms with E-state index in [0.29, 0.717) is 6.61 Å². The number of unbranched alkanes of at least 4 members (excludes halogenated alkanes) is 3. The number of hydrogen-bond acceptors (Lipinski definition) is 2. The zero-order chi connectivity index (χ0) is 23.5. The minimum Gasteiger partial charge on any atom is -0.465 e. The molecule has 3 aliphatic carbocycles. The Kier molecular flexibility index (Phi) is 11.6. The first-order valence-electron chi connectivity index (χ1n) is 15.2. The molecule has 33 heavy (non-hydrogen) atoms. The van der Waals surface area contributed by atoms with Crippen molar-refractivity contribution < 1.29 is 9.53 Å². The Morgan fingerprint density at radius 3 is 1.91 bits per heavy atom. The van der Waals surface area contributed by atoms with E-state index < -0.39 is 0 Å². The van der Waals surface area contributed by atoms with Crippen LogP contribution in [0.5, 0.6) is 0 Å². The van der Waals surface area contributed by atoms with Crippen molar-refractivity contribution >= 4 is 5.97 Å². The summed E-state index contributed by atoms with van der Waals surface area (Å²) in [5.74, 6) is 4.73. The van der Waals surface area contributed by atoms with Crippen LogP contribution in [0.4, 0.5) is 0 Å². The maximum atomic E-state index is 13.4. The summed E-state index contributed by atoms with van der Waals surface area (Å²) in [6, 6.07) is 0. The highest BCUT2D eigenvalue weighted by atomic mass is 16.5. The molecule has 3 rings (SSSR count). The summed E-state index contributed by atoms with van der Waals surface area (Å²) in [5.41, 5.74) is -0.163. The predicted octanol–water partition coefficient (Wildman–Crippen LogP) is 9.50. The third-order valence-corrected chi connectivity index (χ3v) is 10.1. The number of hydrogen-bond donors (Lipinski definition) is 0. The zero-order valence-corrected chi connectivity index (χ0v) is 22.6. The zero-order valence-electron chi connectivity index (χ0n) is 22.6. The van der Waals surface area contributed by atoms with E-state index in [-0.39, 0.29) is 11.4 Å². The highest BCUT2D eigenvalue weighted by Gasteiger charge is 2.44. The monoisotopic (exact) mass is 460 g/mol. The fraction of sp³-hybridized carbons (Fsp3) is 0.968. The van der Waals surface area contributed by atoms with Gasteiger partial charge in [-0.15, -0.1) is 0 Å². The van der Waals surface area contributed by atoms with Gasteiger partial charge in [-0.25, -0.2) is 0 Å². The molecule has 3 aliphatic rings. The first kappa shape index (κ1) is 27.1. The average molecular weight is 461 g/mol. The van der Waals surface area contributed by atoms with Crippen molar-refractivity contribution in [2.24, 2.45) is 35.0 Å². The quantitative estimate of drug-likeness (QED) is 0.214. The van der Waals surface area contributed by atoms with Gasteiger partial charge in [0.05, 0.1) is 12.0 Å². The van der Waals surface area contributed by atoms with Crippen molar-refractivity contribution in [1.29, 1.82) is 0 Å². The van der Waals surface area contributed by atoms with E-state index in [1.54, 1.807) is 0 Å². The van der Waals surface area contributed by atoms with Crippen molar-refractivity contribution in [3.05, 3.63) is 0 Å². The van der Waals surface area contributed by atoms with Gasteiger partial charge in [-0.05, 0) is 87.4 Å². The Labute approximate surface area is 206 Å². The maximum Gasteiger partial charge on any atom is 0.312 e. The lowest BCUT2D eigenvalue weighted by Crippen LogP contribution is -2.39. The summed E-state index contributed by atoms with van der Waals surface area (Å²) < 4.78 is 5.89. The van der Waals surface area contributed by atoms with Crippen LogP contribution in [0.1, 0.15) is 149 Å². The summed E-state index contributed by atoms with van der Waals surface area (Å²) in [4.78, 5) is 13.4. The first-order valence-corrected chi connectivity index (χ1v) is 15.2. The van der Waals surface area contributed by atoms with Crippen molar-refractivity contribution in [3.63, 3.8) is 0 Å². The smallest absolute Gasteiger partial charge is 0.312 e. The molecule has 0 saturated heterocycles. The summed E-state index contributed by atoms with van der Waals surface area (Å²) in [7, 11) is 0. The van der Waals surface area contributed by atoms with Crippen molar-refractivity contribution in [2.75, 3.05) is 6.61 Å². The molecule has 2 heteroatoms. The van der Waals surface area contributed by atoms with Gasteiger partial charge in [-0.1, -0.05) is 91.4 Å². The summed E-state index contributed by atoms with van der Waals surface area (Å²) in [6.45, 7) is 7.54. The van der Waals surface area contributed by atoms with Crippen LogP contribution in [-0.4, -0.2) is 12.6 Å². The fourth-order valence-electron chi connectivity index (χ4n) is 7.41. The van der Waals surface area contributed by atoms with Crippen LogP contribution in [0.25, 0.3) is 0 Å². The van der Waals surface area contributed by atoms with E-state index in [2.05, 4.69) is 20.8 Å². The van der Waals surface area contributed by atoms with E-state index in [1.165, 1.54) is 96.3 Å². The molecule has 0 aromatic carbocycles. The highest BCUT2D eigenvalue weighted by Crippen LogP contribution is 2.49. The van der Waals surface area contributed by atoms with Gasteiger partial charge in [0.25, 0.3) is 0 Å². The van der Waals surface area contributed by atoms with Gasteiger partial charge in [0.2, 0.25) is 0 Å². The van der Waals surface area contributed by atoms with Gasteiger partial charge in [0.1, 0.15) is 0 Å². The SMILES string of the molecule is CCCCCC1CCC(CCC2(C(=O)OCCCC)CCC(C3CCC(C)CC3)CC2)CC1. The van der Waals surface area contributed by atoms with Crippen molar-refractivity contribution in [2.45, 2.75) is 149 Å². The summed E-state index contributed by atoms with van der Waals surface area (Å²) in [5, 5.41) is 0. The lowest BCUT2D eigenvalue weighted by atomic mass is 9.62. The van der Waals surface area contributed by atoms with E-state index in [9.17, 15) is 4.79 Å². The molecule has 0 atom stereocenters. The third kappa shape index (κ3) is 8.28. The molecule has 0 heterocycles. The normalized spacial score (nSPS) is 35.3. The third-order valence-electron chi connectivity index (χ3n) is 10.1. The number of carbonyl (C=O) groups is 1. The van der Waals surface area contributed by atoms with Crippen LogP contribution >= 0.6 is 0 Å². The van der Waals surface area contributed by atoms with Crippen LogP contribution in [0.15, 0.2) is 0 Å². The van der Waals surface area contributed by atoms with Crippen LogP contribution in [0.3, 0.4) is 0 Å². The largest absolute Gasteiger partial charge is 0.465 e. The first-order chi connectivity index (χ1) is 16.1. The molecule has 0 aromatic heterocycles. The second kappa shape index (κ2) is 14.1. The molecule has 0 aromatic rings. The van der Waals surface area contributed by atoms with Gasteiger partial charge in [0, 0.05) is 0 Å². The Morgan fingerprint density at radius 2 is 1.30 bits per heavy atom. The molecule has 0 aliphatic heterocycles. The molecule has 0 unspecified atom stereocenters. The number of carbonyl (C=O) groups excluding carboxylic acids is 1. The van der Waals surface area contributed by atoms with Gasteiger partial charge in [0.15, 0.2) is 0 Å². The molecule has 0 N–H and O–H groups in total. The van der Waals surface area contributed by atoms with Gasteiger partial charge < -0.3 is 4.74 Å². The minimum atomic E-state index is -0.163. The lowest BCUT2D eigenvalue weighted by molar-refractivity contribution is -0.160. The molecule has 0 amide bonds. The standard InChI is InChI=1S/C31H56O2/c1-4-6-8-9-26-12-14-27(15-13-26)18-21-31(30(32)33-24-7-5-2)22-19-29(20-23-31)28-16-10-25(3)11-17-28/h25-29H,4-24H2,1-3H3. The number of ether oxygens (including phenoxy) is 1. The minimum absolute atomic E-state index is 0.163. The van der Waals surface area contributed by atoms with Gasteiger partial charge in [-0.3, -0.25) is 4.79 Å². The van der Waals surface area contributed by atoms with Crippen LogP contribution in [0, 0.1) is 35.0 Å². The van der Waals surface area contributed by atoms with Crippen LogP contribution in [0.2, 0.25) is 0 Å². The van der Waals surface area contributed by atoms with Crippen LogP contribution in [-0.2, 0) is 9.53 Å². The maximum absolute atomic E-state index is 13.4. The average Bonchev–Trinajstić information content (AvgIpc) is 2.85. The lowest BCUT2D eigenvalue weighted by Gasteiger charge is -2.43. The van der Waals surface area contributed by atoms with Crippen LogP contribution < -0.4 is 0 Å². The van der Waals surface area contributed by atoms with Crippen molar-refractivity contribution in [3.8, 4) is 0 Å². The van der Waals surface area contributed by atoms with E-state index in [4.69, 9.17) is 4.74 Å². The fourth-order valence-corrected chi connectivity index (χ4v) is 7.41. The highest BCUT2D eigenvalue weighted by molar-refractivity contribution is 5.77. The second-order valence-electron chi connectivity index (χ2n) is 12.5. The molecule has 192 valence electrons. The van der Waals surface area contributed by atoms with Crippen molar-refractivity contribution in [1.82, 2.24) is 0 Å². The van der Waals surface area contributed by atoms with E-state index in [1.807, 2.05) is 0 Å². The molecule has 3 fully saturated rings. The number of rotatable bonds is 12. The molecule has 2 nitrogen and oxygen atoms in total. The Balaban J connectivity index is 1.49. The van der Waals surface area contributed by atoms with E-state index >= 15 is 0 Å². The second-order valence-corrected chi connectivity index (χ2v) is 12.5. The van der Waals surface area contributed by atoms with Gasteiger partial charge >= 0.3 is 5.97 Å². The summed E-state index contributed by atoms with van der Waals surface area (Å²) >= 11 is 0. The van der Waals surface area contributed by atoms with Gasteiger partial charge in [-0.2, -0.15) is 0 Å². The Bertz CT molecular complexity index is 531. The predicted molar refractivity (Wildman–Crippen MR) is 140 cm³/mol. The molecule has 0 radical (unpaired) electrons. The molecular formula is C31H56O2. The number of esters is 1. The molecule has 3 saturated carbocycles. The van der Waals surface area contributed by atoms with E-state index in [0.717, 1.165) is 61.7 Å². The Hall–Kier alpha value is -0.530. The molecule has 0 bridgehead atoms.